The summed E-state index contributed by atoms with van der Waals surface area (Å²) in [6, 6.07) is 0. The molecule has 4 heavy (non-hydrogen) atoms. The number of hydrogen-bond donors (Lipinski definition) is 1. The second-order valence-electron chi connectivity index (χ2n) is 0. The maximum absolute atomic E-state index is 7.00. The second-order valence-corrected chi connectivity index (χ2v) is 0. The molecule has 0 aromatic rings. The monoisotopic (exact) mass is 127 g/mol. The van der Waals surface area contributed by atoms with Crippen LogP contribution < -0.4 is 0 Å². The molecule has 1 nitrogen and oxygen atoms in total. The number of aliphatic hydroxyl groups is 1. The first-order valence-corrected chi connectivity index (χ1v) is 0.447. The molecule has 0 saturated heterocycles. The van der Waals surface area contributed by atoms with Crippen molar-refractivity contribution >= 4 is 12.4 Å². The molecule has 0 rings (SSSR count). The summed E-state index contributed by atoms with van der Waals surface area (Å²) < 4.78 is 0. The van der Waals surface area contributed by atoms with Crippen molar-refractivity contribution in [1.82, 2.24) is 0 Å². The zero-order valence-corrected chi connectivity index (χ0v) is 4.05. The van der Waals surface area contributed by atoms with Crippen molar-refractivity contribution in [2.75, 3.05) is 7.11 Å². The Morgan fingerprint density at radius 1 is 1.25 bits per heavy atom. The first-order valence-electron chi connectivity index (χ1n) is 0.447. The van der Waals surface area contributed by atoms with E-state index in [0.717, 1.165) is 7.11 Å². The zero-order valence-electron chi connectivity index (χ0n) is 2.19. The van der Waals surface area contributed by atoms with Crippen LogP contribution in [0.2, 0.25) is 0 Å². The van der Waals surface area contributed by atoms with E-state index >= 15 is 0 Å². The largest absolute Gasteiger partial charge is 0.400 e. The van der Waals surface area contributed by atoms with Crippen LogP contribution in [0, 0.1) is 0 Å². The topological polar surface area (TPSA) is 20.2 Å². The predicted molar refractivity (Wildman–Crippen MR) is 15.4 cm³/mol. The van der Waals surface area contributed by atoms with E-state index in [4.69, 9.17) is 5.11 Å². The Bertz CT molecular complexity index is 8.00. The summed E-state index contributed by atoms with van der Waals surface area (Å²) in [6.07, 6.45) is 0. The van der Waals surface area contributed by atoms with Gasteiger partial charge >= 0.3 is 0 Å². The van der Waals surface area contributed by atoms with Gasteiger partial charge in [0.25, 0.3) is 0 Å². The summed E-state index contributed by atoms with van der Waals surface area (Å²) in [7, 11) is 1.00. The quantitative estimate of drug-likeness (QED) is 0.487. The first kappa shape index (κ1) is 21.8. The molecule has 0 bridgehead atoms. The van der Waals surface area contributed by atoms with Crippen molar-refractivity contribution in [3.63, 3.8) is 0 Å². The molecule has 1 radical (unpaired) electrons. The van der Waals surface area contributed by atoms with Gasteiger partial charge in [-0.3, -0.25) is 0 Å². The predicted octanol–water partition coefficient (Wildman–Crippen LogP) is 0.0278. The molecular formula is CH5ClCoO. The van der Waals surface area contributed by atoms with Crippen molar-refractivity contribution in [2.45, 2.75) is 0 Å². The summed E-state index contributed by atoms with van der Waals surface area (Å²) in [5, 5.41) is 7.00. The van der Waals surface area contributed by atoms with Gasteiger partial charge in [0.1, 0.15) is 0 Å². The second kappa shape index (κ2) is 49.9. The van der Waals surface area contributed by atoms with E-state index in [1.54, 1.807) is 0 Å². The Hall–Kier alpha value is 0.756. The number of aliphatic hydroxyl groups excluding tert-OH is 1. The SMILES string of the molecule is CO.Cl.[Co]. The van der Waals surface area contributed by atoms with Gasteiger partial charge < -0.3 is 5.11 Å². The van der Waals surface area contributed by atoms with Gasteiger partial charge in [0, 0.05) is 23.9 Å². The standard InChI is InChI=1S/CH4O.ClH.Co/c1-2;;/h2H,1H3;1H;. The molecule has 0 amide bonds. The Morgan fingerprint density at radius 3 is 1.25 bits per heavy atom. The van der Waals surface area contributed by atoms with Crippen molar-refractivity contribution < 1.29 is 21.9 Å². The summed E-state index contributed by atoms with van der Waals surface area (Å²) in [5.74, 6) is 0. The van der Waals surface area contributed by atoms with E-state index < -0.39 is 0 Å². The molecule has 0 aromatic carbocycles. The summed E-state index contributed by atoms with van der Waals surface area (Å²) in [4.78, 5) is 0. The molecule has 0 atom stereocenters. The maximum Gasteiger partial charge on any atom is 0.0319 e. The third kappa shape index (κ3) is 14.9. The fourth-order valence-electron chi connectivity index (χ4n) is 0. The van der Waals surface area contributed by atoms with Gasteiger partial charge in [0.15, 0.2) is 0 Å². The molecule has 0 aliphatic carbocycles. The van der Waals surface area contributed by atoms with E-state index in [0.29, 0.717) is 0 Å². The summed E-state index contributed by atoms with van der Waals surface area (Å²) in [6.45, 7) is 0. The van der Waals surface area contributed by atoms with Gasteiger partial charge in [0.05, 0.1) is 0 Å². The number of hydrogen-bond acceptors (Lipinski definition) is 1. The smallest absolute Gasteiger partial charge is 0.0319 e. The van der Waals surface area contributed by atoms with E-state index in [1.165, 1.54) is 0 Å². The van der Waals surface area contributed by atoms with Gasteiger partial charge in [-0.25, -0.2) is 0 Å². The van der Waals surface area contributed by atoms with E-state index in [2.05, 4.69) is 0 Å². The minimum Gasteiger partial charge on any atom is -0.400 e. The maximum atomic E-state index is 7.00. The van der Waals surface area contributed by atoms with Gasteiger partial charge in [-0.05, 0) is 0 Å². The van der Waals surface area contributed by atoms with Gasteiger partial charge in [-0.2, -0.15) is 0 Å². The average Bonchev–Trinajstić information content (AvgIpc) is 1.00. The molecule has 0 unspecified atom stereocenters. The average molecular weight is 127 g/mol. The molecular weight excluding hydrogens is 122 g/mol. The Balaban J connectivity index is -0.00000000500. The van der Waals surface area contributed by atoms with Crippen LogP contribution in [0.25, 0.3) is 0 Å². The number of halogens is 1. The minimum atomic E-state index is 0. The Morgan fingerprint density at radius 2 is 1.25 bits per heavy atom. The van der Waals surface area contributed by atoms with Crippen molar-refractivity contribution in [2.24, 2.45) is 0 Å². The molecule has 1 N–H and O–H groups in total. The van der Waals surface area contributed by atoms with E-state index in [-0.39, 0.29) is 29.2 Å². The molecule has 0 aromatic heterocycles. The first-order chi connectivity index (χ1) is 1.00. The third-order valence-electron chi connectivity index (χ3n) is 0. The summed E-state index contributed by atoms with van der Waals surface area (Å²) >= 11 is 0. The molecule has 0 fully saturated rings. The van der Waals surface area contributed by atoms with Crippen LogP contribution in [-0.2, 0) is 16.8 Å². The zero-order chi connectivity index (χ0) is 2.00. The van der Waals surface area contributed by atoms with Crippen LogP contribution in [0.3, 0.4) is 0 Å². The van der Waals surface area contributed by atoms with Crippen LogP contribution in [0.5, 0.6) is 0 Å². The van der Waals surface area contributed by atoms with Crippen LogP contribution in [0.1, 0.15) is 0 Å². The third-order valence-corrected chi connectivity index (χ3v) is 0. The van der Waals surface area contributed by atoms with Crippen LogP contribution in [-0.4, -0.2) is 12.2 Å². The molecule has 0 saturated carbocycles. The van der Waals surface area contributed by atoms with E-state index in [9.17, 15) is 0 Å². The fraction of sp³-hybridized carbons (Fsp3) is 1.00. The Labute approximate surface area is 42.0 Å². The molecule has 0 aliphatic rings. The van der Waals surface area contributed by atoms with Crippen molar-refractivity contribution in [1.29, 1.82) is 0 Å². The van der Waals surface area contributed by atoms with Crippen LogP contribution in [0.4, 0.5) is 0 Å². The molecule has 3 heteroatoms. The van der Waals surface area contributed by atoms with Crippen LogP contribution >= 0.6 is 12.4 Å². The molecule has 31 valence electrons. The van der Waals surface area contributed by atoms with Crippen molar-refractivity contribution in [3.8, 4) is 0 Å². The minimum absolute atomic E-state index is 0. The van der Waals surface area contributed by atoms with Crippen LogP contribution in [0.15, 0.2) is 0 Å². The normalized spacial score (nSPS) is 1.50. The summed E-state index contributed by atoms with van der Waals surface area (Å²) in [5.41, 5.74) is 0. The van der Waals surface area contributed by atoms with Crippen molar-refractivity contribution in [3.05, 3.63) is 0 Å². The van der Waals surface area contributed by atoms with E-state index in [1.807, 2.05) is 0 Å². The Kier molecular flexibility index (Phi) is 271. The molecule has 0 aliphatic heterocycles. The molecule has 0 spiro atoms. The fourth-order valence-corrected chi connectivity index (χ4v) is 0. The van der Waals surface area contributed by atoms with Gasteiger partial charge in [0.2, 0.25) is 0 Å². The molecule has 0 heterocycles. The van der Waals surface area contributed by atoms with Gasteiger partial charge in [-0.1, -0.05) is 0 Å². The van der Waals surface area contributed by atoms with Gasteiger partial charge in [-0.15, -0.1) is 12.4 Å². The number of rotatable bonds is 0.